The number of carboxylic acids is 1. The SMILES string of the molecule is COCC(C)(NC(=O)C/C=C/c1ccc(C(C)C)cc1)C(=O)O. The molecule has 0 aliphatic heterocycles. The van der Waals surface area contributed by atoms with E-state index in [0.29, 0.717) is 5.92 Å². The smallest absolute Gasteiger partial charge is 0.331 e. The molecule has 0 heterocycles. The molecule has 5 nitrogen and oxygen atoms in total. The molecule has 1 aromatic rings. The average Bonchev–Trinajstić information content (AvgIpc) is 2.47. The highest BCUT2D eigenvalue weighted by atomic mass is 16.5. The van der Waals surface area contributed by atoms with Crippen molar-refractivity contribution in [2.75, 3.05) is 13.7 Å². The third-order valence-corrected chi connectivity index (χ3v) is 3.54. The monoisotopic (exact) mass is 319 g/mol. The zero-order chi connectivity index (χ0) is 17.5. The third kappa shape index (κ3) is 5.87. The topological polar surface area (TPSA) is 75.6 Å². The van der Waals surface area contributed by atoms with Crippen LogP contribution in [0.15, 0.2) is 30.3 Å². The second kappa shape index (κ2) is 8.48. The molecule has 1 atom stereocenters. The lowest BCUT2D eigenvalue weighted by molar-refractivity contribution is -0.149. The van der Waals surface area contributed by atoms with E-state index in [4.69, 9.17) is 4.74 Å². The Morgan fingerprint density at radius 2 is 1.91 bits per heavy atom. The van der Waals surface area contributed by atoms with Gasteiger partial charge < -0.3 is 15.2 Å². The van der Waals surface area contributed by atoms with Crippen molar-refractivity contribution in [1.29, 1.82) is 0 Å². The van der Waals surface area contributed by atoms with Crippen LogP contribution in [0.2, 0.25) is 0 Å². The number of hydrogen-bond donors (Lipinski definition) is 2. The molecule has 0 bridgehead atoms. The van der Waals surface area contributed by atoms with Crippen molar-refractivity contribution in [2.45, 2.75) is 38.6 Å². The fraction of sp³-hybridized carbons (Fsp3) is 0.444. The Balaban J connectivity index is 2.59. The number of nitrogens with one attached hydrogen (secondary N) is 1. The highest BCUT2D eigenvalue weighted by Crippen LogP contribution is 2.15. The third-order valence-electron chi connectivity index (χ3n) is 3.54. The molecular formula is C18H25NO4. The van der Waals surface area contributed by atoms with Crippen molar-refractivity contribution < 1.29 is 19.4 Å². The summed E-state index contributed by atoms with van der Waals surface area (Å²) in [6.45, 7) is 5.60. The van der Waals surface area contributed by atoms with Gasteiger partial charge in [-0.2, -0.15) is 0 Å². The Hall–Kier alpha value is -2.14. The van der Waals surface area contributed by atoms with Crippen LogP contribution >= 0.6 is 0 Å². The van der Waals surface area contributed by atoms with Gasteiger partial charge in [-0.1, -0.05) is 50.3 Å². The zero-order valence-corrected chi connectivity index (χ0v) is 14.1. The maximum atomic E-state index is 11.9. The molecule has 0 radical (unpaired) electrons. The Labute approximate surface area is 137 Å². The average molecular weight is 319 g/mol. The molecule has 23 heavy (non-hydrogen) atoms. The molecule has 0 spiro atoms. The van der Waals surface area contributed by atoms with Gasteiger partial charge in [0, 0.05) is 13.5 Å². The van der Waals surface area contributed by atoms with Gasteiger partial charge in [0.2, 0.25) is 5.91 Å². The number of benzene rings is 1. The minimum absolute atomic E-state index is 0.0888. The van der Waals surface area contributed by atoms with Crippen molar-refractivity contribution in [3.05, 3.63) is 41.5 Å². The van der Waals surface area contributed by atoms with Gasteiger partial charge in [-0.3, -0.25) is 4.79 Å². The molecule has 0 saturated carbocycles. The molecule has 1 amide bonds. The number of carbonyl (C=O) groups is 2. The van der Waals surface area contributed by atoms with Crippen LogP contribution in [0.1, 0.15) is 44.2 Å². The van der Waals surface area contributed by atoms with Gasteiger partial charge in [0.1, 0.15) is 0 Å². The molecule has 1 rings (SSSR count). The van der Waals surface area contributed by atoms with Crippen LogP contribution in [0.25, 0.3) is 6.08 Å². The van der Waals surface area contributed by atoms with E-state index >= 15 is 0 Å². The first-order valence-corrected chi connectivity index (χ1v) is 7.58. The van der Waals surface area contributed by atoms with Gasteiger partial charge in [0.15, 0.2) is 5.54 Å². The first kappa shape index (κ1) is 18.9. The molecular weight excluding hydrogens is 294 g/mol. The quantitative estimate of drug-likeness (QED) is 0.772. The van der Waals surface area contributed by atoms with E-state index in [1.165, 1.54) is 19.6 Å². The van der Waals surface area contributed by atoms with E-state index in [9.17, 15) is 14.7 Å². The van der Waals surface area contributed by atoms with Crippen LogP contribution in [-0.4, -0.2) is 36.2 Å². The Morgan fingerprint density at radius 1 is 1.30 bits per heavy atom. The summed E-state index contributed by atoms with van der Waals surface area (Å²) in [5, 5.41) is 11.7. The number of carboxylic acid groups (broad SMARTS) is 1. The Kier molecular flexibility index (Phi) is 6.97. The number of carbonyl (C=O) groups excluding carboxylic acids is 1. The normalized spacial score (nSPS) is 14.0. The van der Waals surface area contributed by atoms with E-state index in [-0.39, 0.29) is 18.9 Å². The lowest BCUT2D eigenvalue weighted by Gasteiger charge is -2.24. The Morgan fingerprint density at radius 3 is 2.39 bits per heavy atom. The van der Waals surface area contributed by atoms with Gasteiger partial charge >= 0.3 is 5.97 Å². The second-order valence-electron chi connectivity index (χ2n) is 6.05. The van der Waals surface area contributed by atoms with Gasteiger partial charge in [0.25, 0.3) is 0 Å². The minimum atomic E-state index is -1.42. The molecule has 5 heteroatoms. The highest BCUT2D eigenvalue weighted by molar-refractivity contribution is 5.87. The number of methoxy groups -OCH3 is 1. The predicted molar refractivity (Wildman–Crippen MR) is 90.2 cm³/mol. The maximum Gasteiger partial charge on any atom is 0.331 e. The second-order valence-corrected chi connectivity index (χ2v) is 6.05. The first-order chi connectivity index (χ1) is 10.8. The van der Waals surface area contributed by atoms with Crippen LogP contribution < -0.4 is 5.32 Å². The predicted octanol–water partition coefficient (Wildman–Crippen LogP) is 2.82. The van der Waals surface area contributed by atoms with Gasteiger partial charge in [-0.15, -0.1) is 0 Å². The molecule has 1 unspecified atom stereocenters. The van der Waals surface area contributed by atoms with Crippen LogP contribution in [0.4, 0.5) is 0 Å². The summed E-state index contributed by atoms with van der Waals surface area (Å²) in [7, 11) is 1.40. The van der Waals surface area contributed by atoms with Crippen LogP contribution in [0.5, 0.6) is 0 Å². The minimum Gasteiger partial charge on any atom is -0.479 e. The summed E-state index contributed by atoms with van der Waals surface area (Å²) in [5.41, 5.74) is 0.843. The summed E-state index contributed by atoms with van der Waals surface area (Å²) in [4.78, 5) is 23.1. The summed E-state index contributed by atoms with van der Waals surface area (Å²) < 4.78 is 4.86. The van der Waals surface area contributed by atoms with Crippen molar-refractivity contribution in [1.82, 2.24) is 5.32 Å². The zero-order valence-electron chi connectivity index (χ0n) is 14.1. The highest BCUT2D eigenvalue weighted by Gasteiger charge is 2.34. The van der Waals surface area contributed by atoms with Gasteiger partial charge in [0.05, 0.1) is 6.61 Å². The van der Waals surface area contributed by atoms with Crippen molar-refractivity contribution in [3.63, 3.8) is 0 Å². The Bertz CT molecular complexity index is 563. The maximum absolute atomic E-state index is 11.9. The lowest BCUT2D eigenvalue weighted by Crippen LogP contribution is -2.55. The van der Waals surface area contributed by atoms with E-state index < -0.39 is 11.5 Å². The number of rotatable bonds is 8. The standard InChI is InChI=1S/C18H25NO4/c1-13(2)15-10-8-14(9-11-15)6-5-7-16(20)19-18(3,12-23-4)17(21)22/h5-6,8-11,13H,7,12H2,1-4H3,(H,19,20)(H,21,22)/b6-5+. The van der Waals surface area contributed by atoms with E-state index in [2.05, 4.69) is 31.3 Å². The number of aliphatic carboxylic acids is 1. The first-order valence-electron chi connectivity index (χ1n) is 7.58. The number of hydrogen-bond acceptors (Lipinski definition) is 3. The lowest BCUT2D eigenvalue weighted by atomic mass is 10.0. The molecule has 2 N–H and O–H groups in total. The summed E-state index contributed by atoms with van der Waals surface area (Å²) in [6.07, 6.45) is 3.67. The van der Waals surface area contributed by atoms with Crippen LogP contribution in [-0.2, 0) is 14.3 Å². The number of ether oxygens (including phenoxy) is 1. The van der Waals surface area contributed by atoms with Crippen LogP contribution in [0, 0.1) is 0 Å². The molecule has 0 aliphatic rings. The fourth-order valence-electron chi connectivity index (χ4n) is 2.09. The van der Waals surface area contributed by atoms with Crippen molar-refractivity contribution >= 4 is 18.0 Å². The number of amides is 1. The molecule has 126 valence electrons. The van der Waals surface area contributed by atoms with Crippen LogP contribution in [0.3, 0.4) is 0 Å². The molecule has 0 fully saturated rings. The van der Waals surface area contributed by atoms with E-state index in [1.54, 1.807) is 6.08 Å². The fourth-order valence-corrected chi connectivity index (χ4v) is 2.09. The summed E-state index contributed by atoms with van der Waals surface area (Å²) in [5.74, 6) is -1.00. The summed E-state index contributed by atoms with van der Waals surface area (Å²) in [6, 6.07) is 8.11. The molecule has 0 saturated heterocycles. The molecule has 0 aromatic heterocycles. The van der Waals surface area contributed by atoms with E-state index in [0.717, 1.165) is 5.56 Å². The van der Waals surface area contributed by atoms with Crippen molar-refractivity contribution in [2.24, 2.45) is 0 Å². The van der Waals surface area contributed by atoms with Crippen molar-refractivity contribution in [3.8, 4) is 0 Å². The van der Waals surface area contributed by atoms with Gasteiger partial charge in [-0.25, -0.2) is 4.79 Å². The molecule has 0 aliphatic carbocycles. The van der Waals surface area contributed by atoms with Gasteiger partial charge in [-0.05, 0) is 24.0 Å². The summed E-state index contributed by atoms with van der Waals surface area (Å²) >= 11 is 0. The molecule has 1 aromatic carbocycles. The largest absolute Gasteiger partial charge is 0.479 e. The van der Waals surface area contributed by atoms with E-state index in [1.807, 2.05) is 18.2 Å².